The Morgan fingerprint density at radius 2 is 2.00 bits per heavy atom. The van der Waals surface area contributed by atoms with Gasteiger partial charge in [-0.2, -0.15) is 0 Å². The summed E-state index contributed by atoms with van der Waals surface area (Å²) < 4.78 is 4.47. The van der Waals surface area contributed by atoms with Crippen LogP contribution in [-0.4, -0.2) is 13.1 Å². The molecule has 0 saturated carbocycles. The van der Waals surface area contributed by atoms with Crippen LogP contribution in [-0.2, 0) is 9.53 Å². The molecule has 0 saturated heterocycles. The molecular formula is C11H10N6O2. The summed E-state index contributed by atoms with van der Waals surface area (Å²) in [6.07, 6.45) is 1.25. The molecule has 0 aromatic heterocycles. The molecule has 8 heteroatoms. The highest BCUT2D eigenvalue weighted by molar-refractivity contribution is 5.88. The van der Waals surface area contributed by atoms with E-state index in [9.17, 15) is 4.79 Å². The summed E-state index contributed by atoms with van der Waals surface area (Å²) in [5, 5.41) is 6.77. The highest BCUT2D eigenvalue weighted by atomic mass is 16.5. The van der Waals surface area contributed by atoms with Crippen molar-refractivity contribution >= 4 is 5.97 Å². The summed E-state index contributed by atoms with van der Waals surface area (Å²) in [4.78, 5) is 16.6. The molecule has 96 valence electrons. The van der Waals surface area contributed by atoms with Crippen molar-refractivity contribution in [1.29, 1.82) is 0 Å². The lowest BCUT2D eigenvalue weighted by molar-refractivity contribution is -0.136. The smallest absolute Gasteiger partial charge is 0.339 e. The lowest BCUT2D eigenvalue weighted by atomic mass is 10.1. The van der Waals surface area contributed by atoms with Crippen LogP contribution in [0.25, 0.3) is 20.9 Å². The van der Waals surface area contributed by atoms with E-state index in [4.69, 9.17) is 11.1 Å². The fourth-order valence-electron chi connectivity index (χ4n) is 1.35. The number of methoxy groups -OCH3 is 1. The van der Waals surface area contributed by atoms with Crippen molar-refractivity contribution in [2.75, 3.05) is 7.11 Å². The summed E-state index contributed by atoms with van der Waals surface area (Å²) in [5.41, 5.74) is 17.4. The van der Waals surface area contributed by atoms with Gasteiger partial charge in [0.1, 0.15) is 5.70 Å². The monoisotopic (exact) mass is 258 g/mol. The number of ether oxygens (including phenoxy) is 1. The van der Waals surface area contributed by atoms with Gasteiger partial charge in [0.25, 0.3) is 0 Å². The van der Waals surface area contributed by atoms with Crippen LogP contribution in [0.4, 0.5) is 0 Å². The van der Waals surface area contributed by atoms with Gasteiger partial charge in [0.05, 0.1) is 13.2 Å². The molecule has 0 aliphatic rings. The van der Waals surface area contributed by atoms with E-state index in [0.29, 0.717) is 5.56 Å². The number of hydrogen-bond acceptors (Lipinski definition) is 4. The van der Waals surface area contributed by atoms with Gasteiger partial charge in [-0.05, 0) is 16.6 Å². The third kappa shape index (κ3) is 4.08. The third-order valence-electron chi connectivity index (χ3n) is 2.18. The fourth-order valence-corrected chi connectivity index (χ4v) is 1.35. The van der Waals surface area contributed by atoms with E-state index in [2.05, 4.69) is 24.8 Å². The number of esters is 1. The minimum atomic E-state index is -0.799. The lowest BCUT2D eigenvalue weighted by Crippen LogP contribution is -2.04. The van der Waals surface area contributed by atoms with E-state index in [-0.39, 0.29) is 5.70 Å². The van der Waals surface area contributed by atoms with Gasteiger partial charge < -0.3 is 4.74 Å². The number of rotatable bonds is 5. The first-order valence-electron chi connectivity index (χ1n) is 5.17. The molecule has 1 unspecified atom stereocenters. The molecule has 0 radical (unpaired) electrons. The quantitative estimate of drug-likeness (QED) is 0.264. The number of carbonyl (C=O) groups is 1. The first-order chi connectivity index (χ1) is 9.22. The van der Waals surface area contributed by atoms with E-state index < -0.39 is 12.0 Å². The Hall–Kier alpha value is -2.95. The van der Waals surface area contributed by atoms with Crippen LogP contribution in [0.5, 0.6) is 0 Å². The van der Waals surface area contributed by atoms with Gasteiger partial charge in [-0.1, -0.05) is 46.6 Å². The van der Waals surface area contributed by atoms with Crippen LogP contribution in [0.2, 0.25) is 0 Å². The fraction of sp³-hybridized carbons (Fsp3) is 0.182. The van der Waals surface area contributed by atoms with Crippen LogP contribution in [0.15, 0.2) is 52.3 Å². The highest BCUT2D eigenvalue weighted by Gasteiger charge is 2.12. The van der Waals surface area contributed by atoms with Gasteiger partial charge in [0.15, 0.2) is 0 Å². The van der Waals surface area contributed by atoms with Gasteiger partial charge in [0.2, 0.25) is 0 Å². The molecule has 1 atom stereocenters. The third-order valence-corrected chi connectivity index (χ3v) is 2.18. The van der Waals surface area contributed by atoms with Crippen molar-refractivity contribution in [2.24, 2.45) is 10.2 Å². The Morgan fingerprint density at radius 3 is 2.53 bits per heavy atom. The van der Waals surface area contributed by atoms with Crippen LogP contribution < -0.4 is 0 Å². The van der Waals surface area contributed by atoms with Crippen molar-refractivity contribution < 1.29 is 9.53 Å². The second-order valence-electron chi connectivity index (χ2n) is 3.29. The molecule has 1 aromatic rings. The molecule has 0 N–H and O–H groups in total. The molecule has 0 bridgehead atoms. The Labute approximate surface area is 108 Å². The van der Waals surface area contributed by atoms with Crippen molar-refractivity contribution in [1.82, 2.24) is 0 Å². The predicted octanol–water partition coefficient (Wildman–Crippen LogP) is 3.41. The van der Waals surface area contributed by atoms with Gasteiger partial charge >= 0.3 is 5.97 Å². The standard InChI is InChI=1S/C11H10N6O2/c1-19-11(18)10(15-17-13)7-9(14-16-12)8-5-3-2-4-6-8/h2-7,9H,1H3/b10-7-. The van der Waals surface area contributed by atoms with Crippen LogP contribution >= 0.6 is 0 Å². The minimum Gasteiger partial charge on any atom is -0.466 e. The number of azide groups is 2. The zero-order valence-electron chi connectivity index (χ0n) is 10.0. The second kappa shape index (κ2) is 7.39. The molecule has 8 nitrogen and oxygen atoms in total. The van der Waals surface area contributed by atoms with Crippen LogP contribution in [0, 0.1) is 0 Å². The molecule has 0 aliphatic heterocycles. The molecule has 1 rings (SSSR count). The SMILES string of the molecule is COC(=O)/C(=C/C(N=[N+]=[N-])c1ccccc1)N=[N+]=[N-]. The average molecular weight is 258 g/mol. The maximum Gasteiger partial charge on any atom is 0.339 e. The zero-order valence-corrected chi connectivity index (χ0v) is 10.0. The predicted molar refractivity (Wildman–Crippen MR) is 67.6 cm³/mol. The molecular weight excluding hydrogens is 248 g/mol. The van der Waals surface area contributed by atoms with Crippen molar-refractivity contribution in [3.8, 4) is 0 Å². The Bertz CT molecular complexity index is 570. The minimum absolute atomic E-state index is 0.258. The summed E-state index contributed by atoms with van der Waals surface area (Å²) >= 11 is 0. The van der Waals surface area contributed by atoms with Gasteiger partial charge in [-0.3, -0.25) is 0 Å². The molecule has 0 heterocycles. The van der Waals surface area contributed by atoms with Gasteiger partial charge in [0, 0.05) is 9.82 Å². The largest absolute Gasteiger partial charge is 0.466 e. The average Bonchev–Trinajstić information content (AvgIpc) is 2.46. The van der Waals surface area contributed by atoms with Crippen molar-refractivity contribution in [2.45, 2.75) is 6.04 Å². The molecule has 0 fully saturated rings. The molecule has 0 amide bonds. The van der Waals surface area contributed by atoms with Crippen molar-refractivity contribution in [3.63, 3.8) is 0 Å². The van der Waals surface area contributed by atoms with E-state index in [1.165, 1.54) is 6.08 Å². The number of benzene rings is 1. The van der Waals surface area contributed by atoms with E-state index in [1.54, 1.807) is 30.3 Å². The topological polar surface area (TPSA) is 124 Å². The Morgan fingerprint density at radius 1 is 1.32 bits per heavy atom. The van der Waals surface area contributed by atoms with Gasteiger partial charge in [-0.15, -0.1) is 0 Å². The second-order valence-corrected chi connectivity index (χ2v) is 3.29. The number of carbonyl (C=O) groups excluding carboxylic acids is 1. The maximum absolute atomic E-state index is 11.4. The number of nitrogens with zero attached hydrogens (tertiary/aromatic N) is 6. The molecule has 0 aliphatic carbocycles. The summed E-state index contributed by atoms with van der Waals surface area (Å²) in [5.74, 6) is -0.799. The van der Waals surface area contributed by atoms with E-state index in [0.717, 1.165) is 7.11 Å². The van der Waals surface area contributed by atoms with Crippen molar-refractivity contribution in [3.05, 3.63) is 68.6 Å². The Balaban J connectivity index is 3.22. The summed E-state index contributed by atoms with van der Waals surface area (Å²) in [7, 11) is 1.16. The van der Waals surface area contributed by atoms with Crippen LogP contribution in [0.3, 0.4) is 0 Å². The molecule has 1 aromatic carbocycles. The first kappa shape index (κ1) is 14.1. The van der Waals surface area contributed by atoms with E-state index in [1.807, 2.05) is 0 Å². The molecule has 0 spiro atoms. The number of hydrogen-bond donors (Lipinski definition) is 0. The summed E-state index contributed by atoms with van der Waals surface area (Å²) in [6, 6.07) is 8.00. The van der Waals surface area contributed by atoms with Crippen LogP contribution in [0.1, 0.15) is 11.6 Å². The normalized spacial score (nSPS) is 11.7. The summed E-state index contributed by atoms with van der Waals surface area (Å²) in [6.45, 7) is 0. The van der Waals surface area contributed by atoms with Gasteiger partial charge in [-0.25, -0.2) is 4.79 Å². The lowest BCUT2D eigenvalue weighted by Gasteiger charge is -2.07. The molecule has 19 heavy (non-hydrogen) atoms. The van der Waals surface area contributed by atoms with E-state index >= 15 is 0 Å². The zero-order chi connectivity index (χ0) is 14.1. The highest BCUT2D eigenvalue weighted by Crippen LogP contribution is 2.21. The Kier molecular flexibility index (Phi) is 5.49. The first-order valence-corrected chi connectivity index (χ1v) is 5.17. The maximum atomic E-state index is 11.4.